The molecule has 0 saturated heterocycles. The Hall–Kier alpha value is -3.17. The number of nitrogens with one attached hydrogen (secondary N) is 1. The number of aromatic nitrogens is 4. The number of aryl methyl sites for hydroxylation is 1. The molecule has 9 heteroatoms. The zero-order chi connectivity index (χ0) is 24.5. The van der Waals surface area contributed by atoms with Crippen LogP contribution in [-0.4, -0.2) is 57.0 Å². The Bertz CT molecular complexity index is 1330. The van der Waals surface area contributed by atoms with Gasteiger partial charge in [-0.3, -0.25) is 19.1 Å². The second-order valence-electron chi connectivity index (χ2n) is 9.55. The zero-order valence-corrected chi connectivity index (χ0v) is 20.6. The number of Topliss-reactive ketones (excluding diaryl/α,β-unsaturated/α-hetero) is 1. The predicted molar refractivity (Wildman–Crippen MR) is 134 cm³/mol. The summed E-state index contributed by atoms with van der Waals surface area (Å²) < 4.78 is 6.93. The average Bonchev–Trinajstić information content (AvgIpc) is 3.37. The molecule has 1 aliphatic carbocycles. The van der Waals surface area contributed by atoms with Crippen molar-refractivity contribution >= 4 is 28.6 Å². The first-order chi connectivity index (χ1) is 17.0. The van der Waals surface area contributed by atoms with Crippen molar-refractivity contribution in [3.05, 3.63) is 51.1 Å². The van der Waals surface area contributed by atoms with E-state index in [0.717, 1.165) is 69.4 Å². The van der Waals surface area contributed by atoms with Crippen molar-refractivity contribution in [1.29, 1.82) is 0 Å². The SMILES string of the molecule is COCCN1CCc2nc(Nc3ncc4c(C)c(C(C)=O)c(=O)n(C5CCCC5)c4n3)ccc2C1. The van der Waals surface area contributed by atoms with Gasteiger partial charge in [-0.2, -0.15) is 4.98 Å². The van der Waals surface area contributed by atoms with Gasteiger partial charge in [0.15, 0.2) is 5.78 Å². The Balaban J connectivity index is 1.48. The molecule has 0 spiro atoms. The second kappa shape index (κ2) is 9.83. The third-order valence-electron chi connectivity index (χ3n) is 7.23. The first-order valence-corrected chi connectivity index (χ1v) is 12.4. The van der Waals surface area contributed by atoms with Gasteiger partial charge in [0.1, 0.15) is 11.5 Å². The molecule has 0 atom stereocenters. The van der Waals surface area contributed by atoms with E-state index in [2.05, 4.69) is 21.3 Å². The summed E-state index contributed by atoms with van der Waals surface area (Å²) in [6.07, 6.45) is 6.55. The molecule has 1 aliphatic heterocycles. The fourth-order valence-corrected chi connectivity index (χ4v) is 5.38. The normalized spacial score (nSPS) is 16.5. The van der Waals surface area contributed by atoms with Crippen LogP contribution < -0.4 is 10.9 Å². The number of pyridine rings is 2. The Morgan fingerprint density at radius 1 is 1.23 bits per heavy atom. The van der Waals surface area contributed by atoms with E-state index in [4.69, 9.17) is 14.7 Å². The van der Waals surface area contributed by atoms with Crippen molar-refractivity contribution in [2.24, 2.45) is 0 Å². The lowest BCUT2D eigenvalue weighted by molar-refractivity contribution is 0.101. The Morgan fingerprint density at radius 3 is 2.77 bits per heavy atom. The topological polar surface area (TPSA) is 102 Å². The van der Waals surface area contributed by atoms with Gasteiger partial charge in [-0.05, 0) is 43.9 Å². The van der Waals surface area contributed by atoms with Crippen molar-refractivity contribution in [3.8, 4) is 0 Å². The molecule has 4 heterocycles. The van der Waals surface area contributed by atoms with Crippen LogP contribution >= 0.6 is 0 Å². The molecule has 2 aliphatic rings. The molecule has 35 heavy (non-hydrogen) atoms. The molecule has 0 bridgehead atoms. The Morgan fingerprint density at radius 2 is 2.03 bits per heavy atom. The molecule has 184 valence electrons. The van der Waals surface area contributed by atoms with Crippen LogP contribution in [0.1, 0.15) is 65.8 Å². The van der Waals surface area contributed by atoms with Gasteiger partial charge >= 0.3 is 0 Å². The number of anilines is 2. The molecule has 1 fully saturated rings. The number of methoxy groups -OCH3 is 1. The Kier molecular flexibility index (Phi) is 6.62. The lowest BCUT2D eigenvalue weighted by Crippen LogP contribution is -2.33. The van der Waals surface area contributed by atoms with Crippen LogP contribution in [0, 0.1) is 6.92 Å². The van der Waals surface area contributed by atoms with Gasteiger partial charge in [0.25, 0.3) is 5.56 Å². The lowest BCUT2D eigenvalue weighted by Gasteiger charge is -2.28. The fraction of sp³-hybridized carbons (Fsp3) is 0.500. The molecule has 9 nitrogen and oxygen atoms in total. The van der Waals surface area contributed by atoms with Crippen molar-refractivity contribution in [3.63, 3.8) is 0 Å². The molecule has 3 aromatic heterocycles. The van der Waals surface area contributed by atoms with E-state index in [1.807, 2.05) is 6.07 Å². The van der Waals surface area contributed by atoms with E-state index in [9.17, 15) is 9.59 Å². The minimum Gasteiger partial charge on any atom is -0.383 e. The van der Waals surface area contributed by atoms with Crippen molar-refractivity contribution in [2.75, 3.05) is 32.1 Å². The van der Waals surface area contributed by atoms with E-state index in [-0.39, 0.29) is 22.9 Å². The minimum absolute atomic E-state index is 0.0503. The average molecular weight is 477 g/mol. The molecule has 0 aromatic carbocycles. The monoisotopic (exact) mass is 476 g/mol. The summed E-state index contributed by atoms with van der Waals surface area (Å²) in [7, 11) is 1.73. The van der Waals surface area contributed by atoms with Gasteiger partial charge in [-0.25, -0.2) is 9.97 Å². The maximum absolute atomic E-state index is 13.4. The summed E-state index contributed by atoms with van der Waals surface area (Å²) in [5.41, 5.74) is 3.51. The minimum atomic E-state index is -0.246. The van der Waals surface area contributed by atoms with E-state index < -0.39 is 0 Å². The first kappa shape index (κ1) is 23.6. The number of ketones is 1. The quantitative estimate of drug-likeness (QED) is 0.517. The van der Waals surface area contributed by atoms with Crippen LogP contribution in [-0.2, 0) is 17.7 Å². The number of ether oxygens (including phenoxy) is 1. The lowest BCUT2D eigenvalue weighted by atomic mass is 10.0. The van der Waals surface area contributed by atoms with Crippen LogP contribution in [0.4, 0.5) is 11.8 Å². The largest absolute Gasteiger partial charge is 0.383 e. The number of fused-ring (bicyclic) bond motifs is 2. The zero-order valence-electron chi connectivity index (χ0n) is 20.6. The highest BCUT2D eigenvalue weighted by Crippen LogP contribution is 2.32. The highest BCUT2D eigenvalue weighted by atomic mass is 16.5. The number of nitrogens with zero attached hydrogens (tertiary/aromatic N) is 5. The van der Waals surface area contributed by atoms with E-state index in [0.29, 0.717) is 23.0 Å². The predicted octanol–water partition coefficient (Wildman–Crippen LogP) is 3.56. The van der Waals surface area contributed by atoms with Gasteiger partial charge in [-0.15, -0.1) is 0 Å². The second-order valence-corrected chi connectivity index (χ2v) is 9.55. The van der Waals surface area contributed by atoms with Crippen LogP contribution in [0.3, 0.4) is 0 Å². The number of carbonyl (C=O) groups is 1. The molecule has 1 N–H and O–H groups in total. The smallest absolute Gasteiger partial charge is 0.263 e. The van der Waals surface area contributed by atoms with Crippen molar-refractivity contribution in [1.82, 2.24) is 24.4 Å². The Labute approximate surface area is 204 Å². The van der Waals surface area contributed by atoms with E-state index >= 15 is 0 Å². The molecule has 0 radical (unpaired) electrons. The maximum atomic E-state index is 13.4. The molecular weight excluding hydrogens is 444 g/mol. The van der Waals surface area contributed by atoms with Crippen LogP contribution in [0.2, 0.25) is 0 Å². The summed E-state index contributed by atoms with van der Waals surface area (Å²) in [5.74, 6) is 0.853. The summed E-state index contributed by atoms with van der Waals surface area (Å²) in [6.45, 7) is 6.70. The van der Waals surface area contributed by atoms with Gasteiger partial charge in [-0.1, -0.05) is 18.9 Å². The van der Waals surface area contributed by atoms with Crippen LogP contribution in [0.15, 0.2) is 23.1 Å². The van der Waals surface area contributed by atoms with Crippen molar-refractivity contribution < 1.29 is 9.53 Å². The number of carbonyl (C=O) groups excluding carboxylic acids is 1. The molecule has 3 aromatic rings. The summed E-state index contributed by atoms with van der Waals surface area (Å²) in [6, 6.07) is 4.09. The summed E-state index contributed by atoms with van der Waals surface area (Å²) in [5, 5.41) is 3.97. The van der Waals surface area contributed by atoms with Gasteiger partial charge < -0.3 is 10.1 Å². The molecule has 0 amide bonds. The third kappa shape index (κ3) is 4.58. The fourth-order valence-electron chi connectivity index (χ4n) is 5.38. The molecular formula is C26H32N6O3. The number of hydrogen-bond acceptors (Lipinski definition) is 8. The van der Waals surface area contributed by atoms with Crippen molar-refractivity contribution in [2.45, 2.75) is 58.5 Å². The van der Waals surface area contributed by atoms with E-state index in [1.54, 1.807) is 24.8 Å². The number of hydrogen-bond donors (Lipinski definition) is 1. The summed E-state index contributed by atoms with van der Waals surface area (Å²) in [4.78, 5) is 42.2. The van der Waals surface area contributed by atoms with Gasteiger partial charge in [0, 0.05) is 56.5 Å². The van der Waals surface area contributed by atoms with Gasteiger partial charge in [0.2, 0.25) is 5.95 Å². The van der Waals surface area contributed by atoms with Crippen LogP contribution in [0.25, 0.3) is 11.0 Å². The summed E-state index contributed by atoms with van der Waals surface area (Å²) >= 11 is 0. The van der Waals surface area contributed by atoms with E-state index in [1.165, 1.54) is 12.5 Å². The molecule has 5 rings (SSSR count). The third-order valence-corrected chi connectivity index (χ3v) is 7.23. The number of rotatable bonds is 7. The molecule has 1 saturated carbocycles. The molecule has 0 unspecified atom stereocenters. The first-order valence-electron chi connectivity index (χ1n) is 12.4. The standard InChI is InChI=1S/C26H32N6O3/c1-16-20-14-27-26(29-22-9-8-18-15-31(12-13-35-3)11-10-21(18)28-22)30-24(20)32(19-6-4-5-7-19)25(34)23(16)17(2)33/h8-9,14,19H,4-7,10-13,15H2,1-3H3,(H,27,28,29,30). The van der Waals surface area contributed by atoms with Gasteiger partial charge in [0.05, 0.1) is 12.2 Å². The highest BCUT2D eigenvalue weighted by molar-refractivity contribution is 5.99. The highest BCUT2D eigenvalue weighted by Gasteiger charge is 2.26. The van der Waals surface area contributed by atoms with Crippen LogP contribution in [0.5, 0.6) is 0 Å². The maximum Gasteiger partial charge on any atom is 0.263 e.